The maximum absolute atomic E-state index is 12.5. The van der Waals surface area contributed by atoms with E-state index in [1.54, 1.807) is 23.5 Å². The molecule has 1 aromatic carbocycles. The molecular weight excluding hydrogens is 354 g/mol. The summed E-state index contributed by atoms with van der Waals surface area (Å²) in [6.07, 6.45) is 0. The predicted octanol–water partition coefficient (Wildman–Crippen LogP) is 3.96. The van der Waals surface area contributed by atoms with E-state index in [-0.39, 0.29) is 12.5 Å². The summed E-state index contributed by atoms with van der Waals surface area (Å²) in [7, 11) is 4.53. The zero-order chi connectivity index (χ0) is 18.5. The lowest BCUT2D eigenvalue weighted by atomic mass is 10.1. The molecule has 0 saturated heterocycles. The van der Waals surface area contributed by atoms with Crippen LogP contribution in [-0.4, -0.2) is 27.2 Å². The van der Waals surface area contributed by atoms with Crippen LogP contribution in [0.25, 0.3) is 10.6 Å². The lowest BCUT2D eigenvalue weighted by molar-refractivity contribution is 0.0947. The molecule has 7 heteroatoms. The maximum Gasteiger partial charge on any atom is 0.251 e. The topological polar surface area (TPSA) is 69.9 Å². The van der Waals surface area contributed by atoms with Gasteiger partial charge in [-0.25, -0.2) is 0 Å². The zero-order valence-corrected chi connectivity index (χ0v) is 15.5. The van der Waals surface area contributed by atoms with Crippen molar-refractivity contribution in [2.24, 2.45) is 0 Å². The molecule has 3 rings (SSSR count). The quantitative estimate of drug-likeness (QED) is 0.679. The molecule has 0 unspecified atom stereocenters. The first-order valence-corrected chi connectivity index (χ1v) is 8.75. The molecule has 26 heavy (non-hydrogen) atoms. The molecule has 0 aliphatic heterocycles. The van der Waals surface area contributed by atoms with Crippen molar-refractivity contribution in [2.45, 2.75) is 6.54 Å². The largest absolute Gasteiger partial charge is 0.493 e. The third kappa shape index (κ3) is 3.67. The summed E-state index contributed by atoms with van der Waals surface area (Å²) < 4.78 is 21.6. The number of benzene rings is 1. The Morgan fingerprint density at radius 3 is 2.38 bits per heavy atom. The first-order valence-electron chi connectivity index (χ1n) is 7.87. The third-order valence-corrected chi connectivity index (χ3v) is 4.66. The molecule has 0 radical (unpaired) electrons. The van der Waals surface area contributed by atoms with Gasteiger partial charge >= 0.3 is 0 Å². The van der Waals surface area contributed by atoms with Gasteiger partial charge in [-0.15, -0.1) is 11.3 Å². The van der Waals surface area contributed by atoms with Crippen molar-refractivity contribution in [3.63, 3.8) is 0 Å². The van der Waals surface area contributed by atoms with Gasteiger partial charge in [-0.1, -0.05) is 6.07 Å². The van der Waals surface area contributed by atoms with Gasteiger partial charge in [0.15, 0.2) is 11.5 Å². The molecule has 0 aliphatic rings. The molecule has 6 nitrogen and oxygen atoms in total. The van der Waals surface area contributed by atoms with Gasteiger partial charge in [0, 0.05) is 5.56 Å². The summed E-state index contributed by atoms with van der Waals surface area (Å²) >= 11 is 1.60. The first-order chi connectivity index (χ1) is 12.7. The van der Waals surface area contributed by atoms with Crippen LogP contribution in [0.15, 0.2) is 46.2 Å². The number of thiophene rings is 1. The second kappa shape index (κ2) is 7.97. The highest BCUT2D eigenvalue weighted by molar-refractivity contribution is 7.13. The minimum atomic E-state index is -0.265. The van der Waals surface area contributed by atoms with Crippen LogP contribution in [0.4, 0.5) is 0 Å². The van der Waals surface area contributed by atoms with Crippen molar-refractivity contribution in [2.75, 3.05) is 21.3 Å². The monoisotopic (exact) mass is 373 g/mol. The lowest BCUT2D eigenvalue weighted by Crippen LogP contribution is -2.22. The fourth-order valence-electron chi connectivity index (χ4n) is 2.51. The molecule has 0 spiro atoms. The average Bonchev–Trinajstić information content (AvgIpc) is 3.36. The average molecular weight is 373 g/mol. The van der Waals surface area contributed by atoms with E-state index in [0.29, 0.717) is 28.6 Å². The molecule has 0 bridgehead atoms. The highest BCUT2D eigenvalue weighted by Gasteiger charge is 2.17. The Kier molecular flexibility index (Phi) is 5.48. The van der Waals surface area contributed by atoms with Gasteiger partial charge in [0.2, 0.25) is 5.75 Å². The van der Waals surface area contributed by atoms with E-state index in [0.717, 1.165) is 10.6 Å². The molecule has 0 atom stereocenters. The summed E-state index contributed by atoms with van der Waals surface area (Å²) in [6.45, 7) is 0.279. The standard InChI is InChI=1S/C19H19NO5S/c1-22-15-9-12(10-16(23-2)18(15)24-3)19(21)20-11-13-6-7-14(25-13)17-5-4-8-26-17/h4-10H,11H2,1-3H3,(H,20,21). The van der Waals surface area contributed by atoms with Crippen LogP contribution >= 0.6 is 11.3 Å². The van der Waals surface area contributed by atoms with E-state index in [1.807, 2.05) is 29.6 Å². The van der Waals surface area contributed by atoms with Gasteiger partial charge in [0.25, 0.3) is 5.91 Å². The van der Waals surface area contributed by atoms with Crippen molar-refractivity contribution in [3.8, 4) is 27.9 Å². The number of methoxy groups -OCH3 is 3. The maximum atomic E-state index is 12.5. The van der Waals surface area contributed by atoms with Gasteiger partial charge < -0.3 is 23.9 Å². The van der Waals surface area contributed by atoms with E-state index in [2.05, 4.69) is 5.32 Å². The van der Waals surface area contributed by atoms with Crippen LogP contribution in [0.2, 0.25) is 0 Å². The molecule has 136 valence electrons. The fourth-order valence-corrected chi connectivity index (χ4v) is 3.19. The molecule has 0 saturated carbocycles. The van der Waals surface area contributed by atoms with Gasteiger partial charge in [-0.3, -0.25) is 4.79 Å². The molecule has 0 aliphatic carbocycles. The molecule has 1 amide bonds. The highest BCUT2D eigenvalue weighted by atomic mass is 32.1. The summed E-state index contributed by atoms with van der Waals surface area (Å²) in [6, 6.07) is 10.9. The summed E-state index contributed by atoms with van der Waals surface area (Å²) in [5, 5.41) is 4.82. The number of nitrogens with one attached hydrogen (secondary N) is 1. The Labute approximate surface area is 155 Å². The Balaban J connectivity index is 1.72. The fraction of sp³-hybridized carbons (Fsp3) is 0.211. The molecular formula is C19H19NO5S. The molecule has 2 heterocycles. The number of rotatable bonds is 7. The number of hydrogen-bond donors (Lipinski definition) is 1. The van der Waals surface area contributed by atoms with Crippen LogP contribution in [0.1, 0.15) is 16.1 Å². The minimum absolute atomic E-state index is 0.265. The normalized spacial score (nSPS) is 10.4. The van der Waals surface area contributed by atoms with E-state index in [4.69, 9.17) is 18.6 Å². The summed E-state index contributed by atoms with van der Waals surface area (Å²) in [4.78, 5) is 13.5. The molecule has 3 aromatic rings. The van der Waals surface area contributed by atoms with Crippen LogP contribution in [-0.2, 0) is 6.54 Å². The number of carbonyl (C=O) groups excluding carboxylic acids is 1. The number of ether oxygens (including phenoxy) is 3. The second-order valence-corrected chi connectivity index (χ2v) is 6.29. The third-order valence-electron chi connectivity index (χ3n) is 3.78. The summed E-state index contributed by atoms with van der Waals surface area (Å²) in [5.74, 6) is 2.49. The molecule has 0 fully saturated rings. The van der Waals surface area contributed by atoms with Crippen LogP contribution in [0, 0.1) is 0 Å². The number of furan rings is 1. The Bertz CT molecular complexity index is 860. The van der Waals surface area contributed by atoms with Crippen LogP contribution in [0.3, 0.4) is 0 Å². The van der Waals surface area contributed by atoms with E-state index in [9.17, 15) is 4.79 Å². The SMILES string of the molecule is COc1cc(C(=O)NCc2ccc(-c3cccs3)o2)cc(OC)c1OC. The van der Waals surface area contributed by atoms with Gasteiger partial charge in [0.05, 0.1) is 32.8 Å². The van der Waals surface area contributed by atoms with Crippen molar-refractivity contribution >= 4 is 17.2 Å². The van der Waals surface area contributed by atoms with Gasteiger partial charge in [-0.2, -0.15) is 0 Å². The molecule has 2 aromatic heterocycles. The Morgan fingerprint density at radius 2 is 1.81 bits per heavy atom. The van der Waals surface area contributed by atoms with Gasteiger partial charge in [0.1, 0.15) is 11.5 Å². The lowest BCUT2D eigenvalue weighted by Gasteiger charge is -2.13. The smallest absolute Gasteiger partial charge is 0.251 e. The van der Waals surface area contributed by atoms with Crippen LogP contribution in [0.5, 0.6) is 17.2 Å². The minimum Gasteiger partial charge on any atom is -0.493 e. The van der Waals surface area contributed by atoms with E-state index >= 15 is 0 Å². The van der Waals surface area contributed by atoms with Crippen molar-refractivity contribution in [1.29, 1.82) is 0 Å². The Hall–Kier alpha value is -2.93. The predicted molar refractivity (Wildman–Crippen MR) is 99.3 cm³/mol. The first kappa shape index (κ1) is 17.9. The zero-order valence-electron chi connectivity index (χ0n) is 14.7. The van der Waals surface area contributed by atoms with Gasteiger partial charge in [-0.05, 0) is 35.7 Å². The summed E-state index contributed by atoms with van der Waals surface area (Å²) in [5.41, 5.74) is 0.407. The van der Waals surface area contributed by atoms with Crippen molar-refractivity contribution in [1.82, 2.24) is 5.32 Å². The second-order valence-electron chi connectivity index (χ2n) is 5.34. The van der Waals surface area contributed by atoms with Crippen molar-refractivity contribution < 1.29 is 23.4 Å². The van der Waals surface area contributed by atoms with Crippen LogP contribution < -0.4 is 19.5 Å². The van der Waals surface area contributed by atoms with Crippen molar-refractivity contribution in [3.05, 3.63) is 53.1 Å². The number of hydrogen-bond acceptors (Lipinski definition) is 6. The van der Waals surface area contributed by atoms with E-state index < -0.39 is 0 Å². The van der Waals surface area contributed by atoms with E-state index in [1.165, 1.54) is 21.3 Å². The number of carbonyl (C=O) groups is 1. The number of amides is 1. The Morgan fingerprint density at radius 1 is 1.08 bits per heavy atom. The molecule has 1 N–H and O–H groups in total. The highest BCUT2D eigenvalue weighted by Crippen LogP contribution is 2.38.